The summed E-state index contributed by atoms with van der Waals surface area (Å²) in [5.41, 5.74) is 1.09. The molecule has 1 saturated heterocycles. The number of urea groups is 1. The molecule has 0 aromatic heterocycles. The van der Waals surface area contributed by atoms with Crippen LogP contribution in [0.25, 0.3) is 0 Å². The predicted octanol–water partition coefficient (Wildman–Crippen LogP) is 3.66. The molecular formula is C19H18F3N3O2. The Morgan fingerprint density at radius 3 is 2.33 bits per heavy atom. The second kappa shape index (κ2) is 7.69. The molecule has 142 valence electrons. The molecule has 2 aromatic rings. The monoisotopic (exact) mass is 377 g/mol. The van der Waals surface area contributed by atoms with Crippen LogP contribution in [0.3, 0.4) is 0 Å². The van der Waals surface area contributed by atoms with Gasteiger partial charge in [-0.05, 0) is 31.2 Å². The Morgan fingerprint density at radius 1 is 0.963 bits per heavy atom. The van der Waals surface area contributed by atoms with Gasteiger partial charge in [-0.25, -0.2) is 18.0 Å². The molecule has 2 amide bonds. The van der Waals surface area contributed by atoms with E-state index in [9.17, 15) is 22.8 Å². The van der Waals surface area contributed by atoms with Gasteiger partial charge >= 0.3 is 6.03 Å². The molecule has 0 bridgehead atoms. The third kappa shape index (κ3) is 4.05. The maximum atomic E-state index is 13.7. The number of hydrogen-bond acceptors (Lipinski definition) is 3. The highest BCUT2D eigenvalue weighted by Gasteiger charge is 2.23. The number of carbonyl (C=O) groups excluding carboxylic acids is 2. The van der Waals surface area contributed by atoms with E-state index >= 15 is 0 Å². The molecule has 0 atom stereocenters. The van der Waals surface area contributed by atoms with Gasteiger partial charge in [-0.15, -0.1) is 0 Å². The highest BCUT2D eigenvalue weighted by molar-refractivity contribution is 5.95. The molecule has 3 rings (SSSR count). The zero-order valence-corrected chi connectivity index (χ0v) is 14.6. The first-order valence-corrected chi connectivity index (χ1v) is 8.42. The van der Waals surface area contributed by atoms with Crippen molar-refractivity contribution in [2.24, 2.45) is 0 Å². The molecule has 1 aliphatic heterocycles. The lowest BCUT2D eigenvalue weighted by atomic mass is 10.1. The molecule has 0 saturated carbocycles. The number of piperazine rings is 1. The van der Waals surface area contributed by atoms with Gasteiger partial charge in [0.05, 0.1) is 5.69 Å². The number of halogens is 3. The minimum absolute atomic E-state index is 0.0246. The quantitative estimate of drug-likeness (QED) is 0.656. The number of anilines is 2. The second-order valence-corrected chi connectivity index (χ2v) is 6.23. The molecule has 1 heterocycles. The highest BCUT2D eigenvalue weighted by Crippen LogP contribution is 2.21. The summed E-state index contributed by atoms with van der Waals surface area (Å²) < 4.78 is 39.9. The van der Waals surface area contributed by atoms with Crippen LogP contribution in [0.15, 0.2) is 36.4 Å². The Bertz CT molecular complexity index is 880. The molecule has 0 unspecified atom stereocenters. The van der Waals surface area contributed by atoms with Gasteiger partial charge in [0.2, 0.25) is 0 Å². The normalized spacial score (nSPS) is 14.2. The van der Waals surface area contributed by atoms with Gasteiger partial charge in [0.1, 0.15) is 0 Å². The van der Waals surface area contributed by atoms with Crippen molar-refractivity contribution in [1.82, 2.24) is 4.90 Å². The topological polar surface area (TPSA) is 52.7 Å². The van der Waals surface area contributed by atoms with Crippen molar-refractivity contribution in [2.45, 2.75) is 6.92 Å². The molecule has 1 aliphatic rings. The Balaban J connectivity index is 1.62. The van der Waals surface area contributed by atoms with Crippen molar-refractivity contribution in [3.8, 4) is 0 Å². The third-order valence-electron chi connectivity index (χ3n) is 4.46. The van der Waals surface area contributed by atoms with Gasteiger partial charge in [0, 0.05) is 37.4 Å². The predicted molar refractivity (Wildman–Crippen MR) is 95.6 cm³/mol. The van der Waals surface area contributed by atoms with Crippen LogP contribution in [0.5, 0.6) is 0 Å². The van der Waals surface area contributed by atoms with E-state index in [1.165, 1.54) is 11.8 Å². The number of nitrogens with zero attached hydrogens (tertiary/aromatic N) is 2. The average Bonchev–Trinajstić information content (AvgIpc) is 2.68. The van der Waals surface area contributed by atoms with Crippen LogP contribution in [0.2, 0.25) is 0 Å². The Labute approximate surface area is 154 Å². The molecular weight excluding hydrogens is 359 g/mol. The van der Waals surface area contributed by atoms with Gasteiger partial charge < -0.3 is 15.1 Å². The van der Waals surface area contributed by atoms with Crippen LogP contribution in [0.4, 0.5) is 29.3 Å². The summed E-state index contributed by atoms with van der Waals surface area (Å²) in [6, 6.07) is 8.39. The number of Topliss-reactive ketones (excluding diaryl/α,β-unsaturated/α-hetero) is 1. The summed E-state index contributed by atoms with van der Waals surface area (Å²) in [4.78, 5) is 27.3. The van der Waals surface area contributed by atoms with E-state index in [4.69, 9.17) is 0 Å². The van der Waals surface area contributed by atoms with Crippen molar-refractivity contribution in [3.05, 3.63) is 59.4 Å². The fourth-order valence-electron chi connectivity index (χ4n) is 2.91. The lowest BCUT2D eigenvalue weighted by Crippen LogP contribution is -2.50. The van der Waals surface area contributed by atoms with Crippen molar-refractivity contribution < 1.29 is 22.8 Å². The number of carbonyl (C=O) groups is 2. The second-order valence-electron chi connectivity index (χ2n) is 6.23. The maximum absolute atomic E-state index is 13.7. The number of amides is 2. The standard InChI is InChI=1S/C19H18F3N3O2/c1-12(26)13-3-2-4-14(11-13)24-7-9-25(10-8-24)19(27)23-16-6-5-15(20)17(21)18(16)22/h2-6,11H,7-10H2,1H3,(H,23,27). The number of benzene rings is 2. The molecule has 27 heavy (non-hydrogen) atoms. The Kier molecular flexibility index (Phi) is 5.34. The summed E-state index contributed by atoms with van der Waals surface area (Å²) in [6.45, 7) is 3.27. The maximum Gasteiger partial charge on any atom is 0.322 e. The van der Waals surface area contributed by atoms with E-state index in [0.717, 1.165) is 17.8 Å². The third-order valence-corrected chi connectivity index (χ3v) is 4.46. The van der Waals surface area contributed by atoms with Crippen LogP contribution in [-0.4, -0.2) is 42.9 Å². The highest BCUT2D eigenvalue weighted by atomic mass is 19.2. The van der Waals surface area contributed by atoms with Crippen molar-refractivity contribution in [1.29, 1.82) is 0 Å². The van der Waals surface area contributed by atoms with Crippen LogP contribution in [0.1, 0.15) is 17.3 Å². The van der Waals surface area contributed by atoms with E-state index in [0.29, 0.717) is 31.7 Å². The minimum Gasteiger partial charge on any atom is -0.368 e. The van der Waals surface area contributed by atoms with E-state index in [-0.39, 0.29) is 5.78 Å². The zero-order valence-electron chi connectivity index (χ0n) is 14.6. The van der Waals surface area contributed by atoms with Crippen LogP contribution in [0, 0.1) is 17.5 Å². The van der Waals surface area contributed by atoms with E-state index in [1.54, 1.807) is 18.2 Å². The van der Waals surface area contributed by atoms with Crippen LogP contribution in [-0.2, 0) is 0 Å². The van der Waals surface area contributed by atoms with Gasteiger partial charge in [0.15, 0.2) is 23.2 Å². The summed E-state index contributed by atoms with van der Waals surface area (Å²) in [7, 11) is 0. The van der Waals surface area contributed by atoms with Crippen molar-refractivity contribution >= 4 is 23.2 Å². The van der Waals surface area contributed by atoms with Crippen LogP contribution < -0.4 is 10.2 Å². The SMILES string of the molecule is CC(=O)c1cccc(N2CCN(C(=O)Nc3ccc(F)c(F)c3F)CC2)c1. The Morgan fingerprint density at radius 2 is 1.67 bits per heavy atom. The largest absolute Gasteiger partial charge is 0.368 e. The smallest absolute Gasteiger partial charge is 0.322 e. The number of ketones is 1. The molecule has 2 aromatic carbocycles. The van der Waals surface area contributed by atoms with E-state index < -0.39 is 29.2 Å². The number of hydrogen-bond donors (Lipinski definition) is 1. The minimum atomic E-state index is -1.62. The summed E-state index contributed by atoms with van der Waals surface area (Å²) in [6.07, 6.45) is 0. The van der Waals surface area contributed by atoms with E-state index in [2.05, 4.69) is 5.32 Å². The molecule has 0 radical (unpaired) electrons. The molecule has 5 nitrogen and oxygen atoms in total. The van der Waals surface area contributed by atoms with E-state index in [1.807, 2.05) is 11.0 Å². The average molecular weight is 377 g/mol. The molecule has 1 fully saturated rings. The lowest BCUT2D eigenvalue weighted by Gasteiger charge is -2.36. The number of nitrogens with one attached hydrogen (secondary N) is 1. The fraction of sp³-hybridized carbons (Fsp3) is 0.263. The summed E-state index contributed by atoms with van der Waals surface area (Å²) in [5, 5.41) is 2.27. The molecule has 8 heteroatoms. The van der Waals surface area contributed by atoms with Gasteiger partial charge in [0.25, 0.3) is 0 Å². The Hall–Kier alpha value is -3.03. The van der Waals surface area contributed by atoms with Gasteiger partial charge in [-0.1, -0.05) is 12.1 Å². The first-order chi connectivity index (χ1) is 12.9. The fourth-order valence-corrected chi connectivity index (χ4v) is 2.91. The van der Waals surface area contributed by atoms with Gasteiger partial charge in [-0.2, -0.15) is 0 Å². The first kappa shape index (κ1) is 18.8. The number of rotatable bonds is 3. The summed E-state index contributed by atoms with van der Waals surface area (Å²) >= 11 is 0. The molecule has 0 aliphatic carbocycles. The van der Waals surface area contributed by atoms with Crippen LogP contribution >= 0.6 is 0 Å². The van der Waals surface area contributed by atoms with Gasteiger partial charge in [-0.3, -0.25) is 4.79 Å². The first-order valence-electron chi connectivity index (χ1n) is 8.42. The summed E-state index contributed by atoms with van der Waals surface area (Å²) in [5.74, 6) is -4.39. The molecule has 0 spiro atoms. The van der Waals surface area contributed by atoms with Crippen molar-refractivity contribution in [3.63, 3.8) is 0 Å². The molecule has 1 N–H and O–H groups in total. The lowest BCUT2D eigenvalue weighted by molar-refractivity contribution is 0.101. The zero-order chi connectivity index (χ0) is 19.6. The van der Waals surface area contributed by atoms with Crippen molar-refractivity contribution in [2.75, 3.05) is 36.4 Å².